The van der Waals surface area contributed by atoms with Crippen LogP contribution in [0.1, 0.15) is 51.4 Å². The zero-order chi connectivity index (χ0) is 13.9. The van der Waals surface area contributed by atoms with E-state index in [9.17, 15) is 5.26 Å². The van der Waals surface area contributed by atoms with E-state index < -0.39 is 0 Å². The maximum absolute atomic E-state index is 9.43. The minimum atomic E-state index is 0.242. The lowest BCUT2D eigenvalue weighted by atomic mass is 9.75. The molecule has 19 heavy (non-hydrogen) atoms. The first-order chi connectivity index (χ1) is 9.09. The highest BCUT2D eigenvalue weighted by atomic mass is 15.2. The lowest BCUT2D eigenvalue weighted by Gasteiger charge is -2.50. The van der Waals surface area contributed by atoms with E-state index in [1.165, 1.54) is 44.9 Å². The van der Waals surface area contributed by atoms with Crippen molar-refractivity contribution in [3.8, 4) is 6.07 Å². The Balaban J connectivity index is 2.01. The van der Waals surface area contributed by atoms with Gasteiger partial charge in [-0.25, -0.2) is 0 Å². The Morgan fingerprint density at radius 2 is 1.74 bits per heavy atom. The molecule has 0 N–H and O–H groups in total. The first-order valence-corrected chi connectivity index (χ1v) is 7.86. The molecule has 0 aromatic rings. The van der Waals surface area contributed by atoms with Gasteiger partial charge < -0.3 is 9.80 Å². The van der Waals surface area contributed by atoms with E-state index in [1.54, 1.807) is 0 Å². The molecule has 0 spiro atoms. The molecule has 0 aliphatic heterocycles. The highest BCUT2D eigenvalue weighted by Gasteiger charge is 2.41. The van der Waals surface area contributed by atoms with Crippen LogP contribution >= 0.6 is 0 Å². The third kappa shape index (κ3) is 3.12. The van der Waals surface area contributed by atoms with Crippen molar-refractivity contribution >= 4 is 0 Å². The lowest BCUT2D eigenvalue weighted by Crippen LogP contribution is -2.58. The standard InChI is InChI=1S/C16H29N3/c1-18(2)16(10-7-11-16)13-19(3)15-9-6-4-5-8-14(15)12-17/h14-15H,4-11,13H2,1-3H3. The molecule has 3 nitrogen and oxygen atoms in total. The van der Waals surface area contributed by atoms with Gasteiger partial charge in [0, 0.05) is 18.1 Å². The minimum absolute atomic E-state index is 0.242. The molecule has 0 aromatic carbocycles. The first-order valence-electron chi connectivity index (χ1n) is 7.86. The van der Waals surface area contributed by atoms with Crippen molar-refractivity contribution in [3.63, 3.8) is 0 Å². The average Bonchev–Trinajstić information content (AvgIpc) is 2.57. The number of hydrogen-bond donors (Lipinski definition) is 0. The van der Waals surface area contributed by atoms with Crippen molar-refractivity contribution in [2.45, 2.75) is 62.9 Å². The molecule has 0 radical (unpaired) electrons. The van der Waals surface area contributed by atoms with Crippen LogP contribution in [-0.2, 0) is 0 Å². The summed E-state index contributed by atoms with van der Waals surface area (Å²) in [4.78, 5) is 4.91. The summed E-state index contributed by atoms with van der Waals surface area (Å²) in [5.41, 5.74) is 0.376. The van der Waals surface area contributed by atoms with Crippen LogP contribution in [0.3, 0.4) is 0 Å². The number of hydrogen-bond acceptors (Lipinski definition) is 3. The molecule has 0 heterocycles. The third-order valence-corrected chi connectivity index (χ3v) is 5.49. The fourth-order valence-corrected chi connectivity index (χ4v) is 3.88. The maximum Gasteiger partial charge on any atom is 0.0672 e. The summed E-state index contributed by atoms with van der Waals surface area (Å²) in [6, 6.07) is 3.05. The molecule has 0 aromatic heterocycles. The Morgan fingerprint density at radius 1 is 1.05 bits per heavy atom. The second kappa shape index (κ2) is 6.24. The summed E-state index contributed by atoms with van der Waals surface area (Å²) in [6.45, 7) is 1.13. The Morgan fingerprint density at radius 3 is 2.26 bits per heavy atom. The van der Waals surface area contributed by atoms with Gasteiger partial charge in [0.05, 0.1) is 12.0 Å². The lowest BCUT2D eigenvalue weighted by molar-refractivity contribution is 0.00990. The molecule has 2 rings (SSSR count). The minimum Gasteiger partial charge on any atom is -0.302 e. The van der Waals surface area contributed by atoms with Crippen molar-refractivity contribution in [3.05, 3.63) is 0 Å². The SMILES string of the molecule is CN(CC1(N(C)C)CCC1)C1CCCCCC1C#N. The fraction of sp³-hybridized carbons (Fsp3) is 0.938. The van der Waals surface area contributed by atoms with Crippen LogP contribution in [0, 0.1) is 17.2 Å². The van der Waals surface area contributed by atoms with Crippen LogP contribution in [0.15, 0.2) is 0 Å². The van der Waals surface area contributed by atoms with Gasteiger partial charge in [0.1, 0.15) is 0 Å². The van der Waals surface area contributed by atoms with Gasteiger partial charge in [0.25, 0.3) is 0 Å². The largest absolute Gasteiger partial charge is 0.302 e. The Bertz CT molecular complexity index is 327. The van der Waals surface area contributed by atoms with Crippen molar-refractivity contribution in [1.29, 1.82) is 5.26 Å². The Kier molecular flexibility index (Phi) is 4.86. The second-order valence-corrected chi connectivity index (χ2v) is 6.83. The molecule has 2 aliphatic rings. The van der Waals surface area contributed by atoms with Crippen molar-refractivity contribution in [2.75, 3.05) is 27.7 Å². The van der Waals surface area contributed by atoms with E-state index in [0.717, 1.165) is 13.0 Å². The summed E-state index contributed by atoms with van der Waals surface area (Å²) in [6.07, 6.45) is 10.1. The topological polar surface area (TPSA) is 30.3 Å². The molecule has 0 amide bonds. The van der Waals surface area contributed by atoms with Crippen LogP contribution in [0.5, 0.6) is 0 Å². The molecule has 2 atom stereocenters. The summed E-state index contributed by atoms with van der Waals surface area (Å²) in [5, 5.41) is 9.43. The molecule has 108 valence electrons. The monoisotopic (exact) mass is 263 g/mol. The van der Waals surface area contributed by atoms with Gasteiger partial charge in [-0.1, -0.05) is 19.3 Å². The van der Waals surface area contributed by atoms with Gasteiger partial charge in [0.2, 0.25) is 0 Å². The molecule has 2 aliphatic carbocycles. The zero-order valence-electron chi connectivity index (χ0n) is 12.9. The van der Waals surface area contributed by atoms with Gasteiger partial charge in [-0.2, -0.15) is 5.26 Å². The molecular formula is C16H29N3. The van der Waals surface area contributed by atoms with Gasteiger partial charge in [-0.05, 0) is 53.2 Å². The predicted molar refractivity (Wildman–Crippen MR) is 78.9 cm³/mol. The van der Waals surface area contributed by atoms with Crippen LogP contribution in [-0.4, -0.2) is 49.1 Å². The van der Waals surface area contributed by atoms with E-state index >= 15 is 0 Å². The summed E-state index contributed by atoms with van der Waals surface area (Å²) in [7, 11) is 6.66. The highest BCUT2D eigenvalue weighted by Crippen LogP contribution is 2.38. The predicted octanol–water partition coefficient (Wildman–Crippen LogP) is 2.87. The van der Waals surface area contributed by atoms with Crippen LogP contribution in [0.25, 0.3) is 0 Å². The fourth-order valence-electron chi connectivity index (χ4n) is 3.88. The average molecular weight is 263 g/mol. The molecule has 0 bridgehead atoms. The van der Waals surface area contributed by atoms with Gasteiger partial charge in [0.15, 0.2) is 0 Å². The molecule has 3 heteroatoms. The smallest absolute Gasteiger partial charge is 0.0672 e. The van der Waals surface area contributed by atoms with Gasteiger partial charge in [-0.3, -0.25) is 0 Å². The second-order valence-electron chi connectivity index (χ2n) is 6.83. The summed E-state index contributed by atoms with van der Waals surface area (Å²) < 4.78 is 0. The van der Waals surface area contributed by atoms with Crippen molar-refractivity contribution < 1.29 is 0 Å². The number of rotatable bonds is 4. The summed E-state index contributed by atoms with van der Waals surface area (Å²) >= 11 is 0. The Hall–Kier alpha value is -0.590. The number of nitriles is 1. The van der Waals surface area contributed by atoms with Crippen LogP contribution in [0.4, 0.5) is 0 Å². The first kappa shape index (κ1) is 14.8. The summed E-state index contributed by atoms with van der Waals surface area (Å²) in [5.74, 6) is 0.242. The van der Waals surface area contributed by atoms with Gasteiger partial charge in [-0.15, -0.1) is 0 Å². The normalized spacial score (nSPS) is 30.7. The van der Waals surface area contributed by atoms with E-state index in [2.05, 4.69) is 37.0 Å². The molecule has 2 fully saturated rings. The van der Waals surface area contributed by atoms with Gasteiger partial charge >= 0.3 is 0 Å². The van der Waals surface area contributed by atoms with Crippen LogP contribution < -0.4 is 0 Å². The van der Waals surface area contributed by atoms with Crippen LogP contribution in [0.2, 0.25) is 0 Å². The molecule has 2 saturated carbocycles. The van der Waals surface area contributed by atoms with E-state index in [4.69, 9.17) is 0 Å². The number of nitrogens with zero attached hydrogens (tertiary/aromatic N) is 3. The zero-order valence-corrected chi connectivity index (χ0v) is 12.9. The molecule has 2 unspecified atom stereocenters. The van der Waals surface area contributed by atoms with E-state index in [-0.39, 0.29) is 5.92 Å². The molecular weight excluding hydrogens is 234 g/mol. The van der Waals surface area contributed by atoms with E-state index in [0.29, 0.717) is 11.6 Å². The number of likely N-dealkylation sites (N-methyl/N-ethyl adjacent to an activating group) is 2. The maximum atomic E-state index is 9.43. The van der Waals surface area contributed by atoms with Crippen molar-refractivity contribution in [1.82, 2.24) is 9.80 Å². The third-order valence-electron chi connectivity index (χ3n) is 5.49. The quantitative estimate of drug-likeness (QED) is 0.731. The molecule has 0 saturated heterocycles. The Labute approximate surface area is 118 Å². The highest BCUT2D eigenvalue weighted by molar-refractivity contribution is 5.01. The van der Waals surface area contributed by atoms with E-state index in [1.807, 2.05) is 0 Å². The van der Waals surface area contributed by atoms with Crippen molar-refractivity contribution in [2.24, 2.45) is 5.92 Å².